The first-order valence-corrected chi connectivity index (χ1v) is 9.91. The van der Waals surface area contributed by atoms with Crippen LogP contribution < -0.4 is 0 Å². The minimum Gasteiger partial charge on any atom is -0.450 e. The van der Waals surface area contributed by atoms with E-state index in [2.05, 4.69) is 15.9 Å². The van der Waals surface area contributed by atoms with E-state index in [-0.39, 0.29) is 35.3 Å². The van der Waals surface area contributed by atoms with Crippen molar-refractivity contribution in [3.63, 3.8) is 0 Å². The number of carbonyl (C=O) groups excluding carboxylic acids is 2. The zero-order valence-corrected chi connectivity index (χ0v) is 14.6. The molecule has 1 saturated heterocycles. The Balaban J connectivity index is 1.60. The molecule has 0 bridgehead atoms. The molecule has 0 N–H and O–H groups in total. The van der Waals surface area contributed by atoms with E-state index in [1.165, 1.54) is 6.07 Å². The minimum atomic E-state index is -3.07. The molecule has 1 saturated carbocycles. The van der Waals surface area contributed by atoms with E-state index in [0.717, 1.165) is 12.8 Å². The molecule has 1 aromatic heterocycles. The average molecular weight is 406 g/mol. The van der Waals surface area contributed by atoms with E-state index < -0.39 is 22.4 Å². The van der Waals surface area contributed by atoms with Gasteiger partial charge in [0.2, 0.25) is 5.76 Å². The maximum Gasteiger partial charge on any atom is 0.374 e. The highest BCUT2D eigenvalue weighted by atomic mass is 79.9. The number of esters is 1. The lowest BCUT2D eigenvalue weighted by molar-refractivity contribution is -0.137. The number of sulfone groups is 1. The van der Waals surface area contributed by atoms with E-state index in [1.807, 2.05) is 0 Å². The second-order valence-electron chi connectivity index (χ2n) is 5.77. The summed E-state index contributed by atoms with van der Waals surface area (Å²) in [5.41, 5.74) is 0. The molecule has 2 fully saturated rings. The summed E-state index contributed by atoms with van der Waals surface area (Å²) in [5.74, 6) is -0.971. The van der Waals surface area contributed by atoms with Gasteiger partial charge in [0.1, 0.15) is 0 Å². The molecule has 126 valence electrons. The van der Waals surface area contributed by atoms with Crippen LogP contribution in [0, 0.1) is 0 Å². The monoisotopic (exact) mass is 405 g/mol. The molecule has 9 heteroatoms. The van der Waals surface area contributed by atoms with Crippen LogP contribution in [-0.4, -0.2) is 55.4 Å². The van der Waals surface area contributed by atoms with Gasteiger partial charge in [-0.15, -0.1) is 0 Å². The minimum absolute atomic E-state index is 0.00564. The number of rotatable bonds is 5. The molecule has 0 unspecified atom stereocenters. The van der Waals surface area contributed by atoms with E-state index in [0.29, 0.717) is 11.1 Å². The third-order valence-corrected chi connectivity index (χ3v) is 6.11. The summed E-state index contributed by atoms with van der Waals surface area (Å²) in [6.07, 6.45) is 2.17. The molecule has 2 aliphatic rings. The maximum atomic E-state index is 12.4. The summed E-state index contributed by atoms with van der Waals surface area (Å²) < 4.78 is 33.7. The summed E-state index contributed by atoms with van der Waals surface area (Å²) in [5, 5.41) is 0. The fourth-order valence-electron chi connectivity index (χ4n) is 2.75. The van der Waals surface area contributed by atoms with Crippen molar-refractivity contribution in [1.82, 2.24) is 4.90 Å². The number of amides is 1. The van der Waals surface area contributed by atoms with Crippen LogP contribution in [0.15, 0.2) is 21.2 Å². The molecule has 0 radical (unpaired) electrons. The van der Waals surface area contributed by atoms with E-state index >= 15 is 0 Å². The van der Waals surface area contributed by atoms with Crippen molar-refractivity contribution in [3.8, 4) is 0 Å². The number of halogens is 1. The summed E-state index contributed by atoms with van der Waals surface area (Å²) in [4.78, 5) is 25.8. The van der Waals surface area contributed by atoms with Crippen LogP contribution >= 0.6 is 15.9 Å². The van der Waals surface area contributed by atoms with Crippen molar-refractivity contribution >= 4 is 37.6 Å². The fraction of sp³-hybridized carbons (Fsp3) is 0.571. The number of hydrogen-bond acceptors (Lipinski definition) is 6. The van der Waals surface area contributed by atoms with Crippen molar-refractivity contribution in [2.24, 2.45) is 0 Å². The van der Waals surface area contributed by atoms with Crippen LogP contribution in [0.5, 0.6) is 0 Å². The molecule has 7 nitrogen and oxygen atoms in total. The van der Waals surface area contributed by atoms with Gasteiger partial charge < -0.3 is 14.1 Å². The molecule has 0 aromatic carbocycles. The van der Waals surface area contributed by atoms with Crippen molar-refractivity contribution in [2.45, 2.75) is 31.3 Å². The first kappa shape index (κ1) is 16.5. The fourth-order valence-corrected chi connectivity index (χ4v) is 4.77. The Morgan fingerprint density at radius 3 is 2.52 bits per heavy atom. The Labute approximate surface area is 142 Å². The molecule has 1 aliphatic carbocycles. The van der Waals surface area contributed by atoms with Crippen LogP contribution in [0.25, 0.3) is 0 Å². The van der Waals surface area contributed by atoms with Gasteiger partial charge >= 0.3 is 5.97 Å². The standard InChI is InChI=1S/C14H16BrNO6S/c15-12-4-3-11(22-12)14(18)21-7-13(17)16(9-1-2-9)10-5-6-23(19,20)8-10/h3-4,9-10H,1-2,5-8H2/t10-/m1/s1. The average Bonchev–Trinajstić information content (AvgIpc) is 3.11. The smallest absolute Gasteiger partial charge is 0.374 e. The predicted molar refractivity (Wildman–Crippen MR) is 83.6 cm³/mol. The van der Waals surface area contributed by atoms with Crippen molar-refractivity contribution in [3.05, 3.63) is 22.6 Å². The molecule has 3 rings (SSSR count). The first-order valence-electron chi connectivity index (χ1n) is 7.30. The normalized spacial score (nSPS) is 22.7. The van der Waals surface area contributed by atoms with Gasteiger partial charge in [-0.2, -0.15) is 0 Å². The Morgan fingerprint density at radius 1 is 1.26 bits per heavy atom. The molecule has 1 amide bonds. The topological polar surface area (TPSA) is 93.9 Å². The van der Waals surface area contributed by atoms with Gasteiger partial charge in [0, 0.05) is 12.1 Å². The highest BCUT2D eigenvalue weighted by molar-refractivity contribution is 9.10. The van der Waals surface area contributed by atoms with Gasteiger partial charge in [-0.25, -0.2) is 13.2 Å². The van der Waals surface area contributed by atoms with E-state index in [4.69, 9.17) is 9.15 Å². The second kappa shape index (κ2) is 6.27. The highest BCUT2D eigenvalue weighted by Gasteiger charge is 2.42. The van der Waals surface area contributed by atoms with Gasteiger partial charge in [-0.05, 0) is 47.3 Å². The Hall–Kier alpha value is -1.35. The molecule has 23 heavy (non-hydrogen) atoms. The van der Waals surface area contributed by atoms with Crippen LogP contribution in [0.4, 0.5) is 0 Å². The lowest BCUT2D eigenvalue weighted by atomic mass is 10.2. The summed E-state index contributed by atoms with van der Waals surface area (Å²) in [6.45, 7) is -0.413. The van der Waals surface area contributed by atoms with Crippen LogP contribution in [-0.2, 0) is 19.4 Å². The number of ether oxygens (including phenoxy) is 1. The number of carbonyl (C=O) groups is 2. The van der Waals surface area contributed by atoms with Crippen LogP contribution in [0.2, 0.25) is 0 Å². The molecule has 2 heterocycles. The summed E-state index contributed by atoms with van der Waals surface area (Å²) >= 11 is 3.08. The second-order valence-corrected chi connectivity index (χ2v) is 8.78. The summed E-state index contributed by atoms with van der Waals surface area (Å²) in [7, 11) is -3.07. The zero-order chi connectivity index (χ0) is 16.6. The quantitative estimate of drug-likeness (QED) is 0.686. The van der Waals surface area contributed by atoms with Gasteiger partial charge in [0.25, 0.3) is 5.91 Å². The Morgan fingerprint density at radius 2 is 2.00 bits per heavy atom. The molecular formula is C14H16BrNO6S. The number of nitrogens with zero attached hydrogens (tertiary/aromatic N) is 1. The third-order valence-electron chi connectivity index (χ3n) is 3.93. The first-order chi connectivity index (χ1) is 10.9. The van der Waals surface area contributed by atoms with E-state index in [9.17, 15) is 18.0 Å². The number of furan rings is 1. The van der Waals surface area contributed by atoms with Crippen molar-refractivity contribution in [1.29, 1.82) is 0 Å². The molecule has 1 atom stereocenters. The molecule has 1 aromatic rings. The van der Waals surface area contributed by atoms with Crippen LogP contribution in [0.3, 0.4) is 0 Å². The Kier molecular flexibility index (Phi) is 4.50. The summed E-state index contributed by atoms with van der Waals surface area (Å²) in [6, 6.07) is 2.76. The molecular weight excluding hydrogens is 390 g/mol. The Bertz CT molecular complexity index is 723. The lowest BCUT2D eigenvalue weighted by Crippen LogP contribution is -2.44. The van der Waals surface area contributed by atoms with Gasteiger partial charge in [0.15, 0.2) is 21.1 Å². The highest BCUT2D eigenvalue weighted by Crippen LogP contribution is 2.32. The van der Waals surface area contributed by atoms with Crippen molar-refractivity contribution in [2.75, 3.05) is 18.1 Å². The van der Waals surface area contributed by atoms with Gasteiger partial charge in [-0.3, -0.25) is 4.79 Å². The number of hydrogen-bond donors (Lipinski definition) is 0. The predicted octanol–water partition coefficient (Wildman–Crippen LogP) is 1.38. The lowest BCUT2D eigenvalue weighted by Gasteiger charge is -2.28. The molecule has 0 spiro atoms. The van der Waals surface area contributed by atoms with Gasteiger partial charge in [-0.1, -0.05) is 0 Å². The van der Waals surface area contributed by atoms with Crippen LogP contribution in [0.1, 0.15) is 29.8 Å². The zero-order valence-electron chi connectivity index (χ0n) is 12.2. The largest absolute Gasteiger partial charge is 0.450 e. The SMILES string of the molecule is O=C(OCC(=O)N(C1CC1)[C@@H]1CCS(=O)(=O)C1)c1ccc(Br)o1. The maximum absolute atomic E-state index is 12.4. The van der Waals surface area contributed by atoms with Gasteiger partial charge in [0.05, 0.1) is 11.5 Å². The molecule has 1 aliphatic heterocycles. The van der Waals surface area contributed by atoms with Crippen molar-refractivity contribution < 1.29 is 27.2 Å². The van der Waals surface area contributed by atoms with E-state index in [1.54, 1.807) is 11.0 Å². The third kappa shape index (κ3) is 3.95.